The van der Waals surface area contributed by atoms with Crippen molar-refractivity contribution in [3.05, 3.63) is 17.5 Å². The van der Waals surface area contributed by atoms with Crippen molar-refractivity contribution in [1.29, 1.82) is 0 Å². The predicted molar refractivity (Wildman–Crippen MR) is 105 cm³/mol. The first-order chi connectivity index (χ1) is 15.4. The van der Waals surface area contributed by atoms with Crippen molar-refractivity contribution < 1.29 is 40.6 Å². The number of hydrogen-bond acceptors (Lipinski definition) is 8. The van der Waals surface area contributed by atoms with Crippen LogP contribution < -0.4 is 10.5 Å². The molecule has 1 unspecified atom stereocenters. The van der Waals surface area contributed by atoms with Crippen molar-refractivity contribution in [2.75, 3.05) is 5.73 Å². The van der Waals surface area contributed by atoms with Gasteiger partial charge in [0, 0.05) is 5.25 Å². The van der Waals surface area contributed by atoms with Gasteiger partial charge >= 0.3 is 12.4 Å². The third-order valence-corrected chi connectivity index (χ3v) is 6.85. The van der Waals surface area contributed by atoms with E-state index in [1.54, 1.807) is 0 Å². The van der Waals surface area contributed by atoms with Crippen LogP contribution in [0, 0.1) is 0 Å². The highest BCUT2D eigenvalue weighted by molar-refractivity contribution is 8.00. The van der Waals surface area contributed by atoms with Gasteiger partial charge in [-0.15, -0.1) is 22.0 Å². The van der Waals surface area contributed by atoms with Crippen LogP contribution in [0.1, 0.15) is 56.4 Å². The van der Waals surface area contributed by atoms with Crippen LogP contribution in [0.3, 0.4) is 0 Å². The van der Waals surface area contributed by atoms with Gasteiger partial charge in [-0.05, 0) is 44.6 Å². The van der Waals surface area contributed by atoms with Crippen LogP contribution in [0.15, 0.2) is 10.5 Å². The average molecular weight is 498 g/mol. The molecule has 0 saturated heterocycles. The molecule has 0 amide bonds. The summed E-state index contributed by atoms with van der Waals surface area (Å²) >= 11 is 1.36. The quantitative estimate of drug-likeness (QED) is 0.555. The minimum atomic E-state index is -5.12. The molecule has 14 heteroatoms. The predicted octanol–water partition coefficient (Wildman–Crippen LogP) is 5.05. The second-order valence-corrected chi connectivity index (χ2v) is 9.49. The Bertz CT molecular complexity index is 1010. The van der Waals surface area contributed by atoms with Gasteiger partial charge in [0.1, 0.15) is 11.0 Å². The first-order valence-electron chi connectivity index (χ1n) is 10.2. The van der Waals surface area contributed by atoms with Crippen molar-refractivity contribution in [2.45, 2.75) is 73.6 Å². The molecule has 3 heterocycles. The molecule has 4 rings (SSSR count). The number of halogens is 6. The molecule has 1 fully saturated rings. The van der Waals surface area contributed by atoms with Crippen LogP contribution in [0.25, 0.3) is 11.6 Å². The summed E-state index contributed by atoms with van der Waals surface area (Å²) in [5.41, 5.74) is -0.616. The number of aromatic nitrogens is 3. The van der Waals surface area contributed by atoms with Gasteiger partial charge in [0.05, 0.1) is 5.69 Å². The van der Waals surface area contributed by atoms with Crippen LogP contribution in [-0.2, 0) is 11.8 Å². The summed E-state index contributed by atoms with van der Waals surface area (Å²) in [6.45, 7) is 0. The summed E-state index contributed by atoms with van der Waals surface area (Å²) in [7, 11) is 0. The van der Waals surface area contributed by atoms with Gasteiger partial charge in [-0.1, -0.05) is 6.42 Å². The summed E-state index contributed by atoms with van der Waals surface area (Å²) < 4.78 is 92.7. The topological polar surface area (TPSA) is 107 Å². The largest absolute Gasteiger partial charge is 0.463 e. The lowest BCUT2D eigenvalue weighted by atomic mass is 9.95. The van der Waals surface area contributed by atoms with Crippen molar-refractivity contribution in [2.24, 2.45) is 0 Å². The van der Waals surface area contributed by atoms with Crippen LogP contribution in [-0.4, -0.2) is 37.2 Å². The molecule has 4 bridgehead atoms. The Balaban J connectivity index is 1.82. The molecular formula is C19H20F6N4O3S. The van der Waals surface area contributed by atoms with Crippen molar-refractivity contribution >= 4 is 17.4 Å². The SMILES string of the molecule is Nc1cc(C(F)(F)F)c2nc1-c1nnc(o1)[C@@](O)(C(F)(F)F)CCCCCC(SC1CC1)O2. The van der Waals surface area contributed by atoms with E-state index in [1.165, 1.54) is 11.8 Å². The fourth-order valence-electron chi connectivity index (χ4n) is 3.40. The highest BCUT2D eigenvalue weighted by Gasteiger charge is 2.58. The summed E-state index contributed by atoms with van der Waals surface area (Å²) in [5, 5.41) is 17.4. The molecular weight excluding hydrogens is 478 g/mol. The van der Waals surface area contributed by atoms with E-state index in [4.69, 9.17) is 14.9 Å². The summed E-state index contributed by atoms with van der Waals surface area (Å²) in [5.74, 6) is -2.56. The molecule has 2 aromatic heterocycles. The fraction of sp³-hybridized carbons (Fsp3) is 0.632. The van der Waals surface area contributed by atoms with E-state index in [0.29, 0.717) is 18.9 Å². The number of fused-ring (bicyclic) bond motifs is 5. The Labute approximate surface area is 188 Å². The molecule has 182 valence electrons. The van der Waals surface area contributed by atoms with Gasteiger partial charge in [0.2, 0.25) is 11.5 Å². The van der Waals surface area contributed by atoms with E-state index in [1.807, 2.05) is 0 Å². The highest BCUT2D eigenvalue weighted by Crippen LogP contribution is 2.46. The molecule has 1 aliphatic heterocycles. The minimum Gasteiger partial charge on any atom is -0.463 e. The van der Waals surface area contributed by atoms with E-state index >= 15 is 0 Å². The maximum absolute atomic E-state index is 13.7. The Morgan fingerprint density at radius 1 is 1.06 bits per heavy atom. The first kappa shape index (κ1) is 23.9. The van der Waals surface area contributed by atoms with Crippen LogP contribution in [0.4, 0.5) is 32.0 Å². The van der Waals surface area contributed by atoms with Gasteiger partial charge in [-0.25, -0.2) is 4.98 Å². The zero-order valence-corrected chi connectivity index (χ0v) is 17.9. The molecule has 1 aliphatic carbocycles. The van der Waals surface area contributed by atoms with E-state index < -0.39 is 64.4 Å². The van der Waals surface area contributed by atoms with Crippen molar-refractivity contribution in [1.82, 2.24) is 15.2 Å². The molecule has 2 aromatic rings. The van der Waals surface area contributed by atoms with Gasteiger partial charge < -0.3 is 20.0 Å². The number of nitrogen functional groups attached to an aromatic ring is 1. The lowest BCUT2D eigenvalue weighted by molar-refractivity contribution is -0.277. The smallest absolute Gasteiger partial charge is 0.426 e. The third kappa shape index (κ3) is 5.00. The maximum atomic E-state index is 13.7. The normalized spacial score (nSPS) is 24.8. The van der Waals surface area contributed by atoms with Crippen molar-refractivity contribution in [3.63, 3.8) is 0 Å². The second-order valence-electron chi connectivity index (χ2n) is 8.03. The molecule has 0 aromatic carbocycles. The monoisotopic (exact) mass is 498 g/mol. The number of alkyl halides is 6. The molecule has 1 saturated carbocycles. The van der Waals surface area contributed by atoms with E-state index in [2.05, 4.69) is 15.2 Å². The number of aliphatic hydroxyl groups is 1. The zero-order valence-electron chi connectivity index (χ0n) is 17.0. The third-order valence-electron chi connectivity index (χ3n) is 5.36. The van der Waals surface area contributed by atoms with Crippen LogP contribution in [0.2, 0.25) is 0 Å². The van der Waals surface area contributed by atoms with Gasteiger partial charge in [0.25, 0.3) is 11.8 Å². The molecule has 3 N–H and O–H groups in total. The molecule has 33 heavy (non-hydrogen) atoms. The number of pyridine rings is 1. The lowest BCUT2D eigenvalue weighted by Gasteiger charge is -2.27. The lowest BCUT2D eigenvalue weighted by Crippen LogP contribution is -2.42. The summed E-state index contributed by atoms with van der Waals surface area (Å²) in [6, 6.07) is 0.572. The molecule has 2 aliphatic rings. The van der Waals surface area contributed by atoms with Crippen LogP contribution in [0.5, 0.6) is 5.88 Å². The Hall–Kier alpha value is -2.22. The summed E-state index contributed by atoms with van der Waals surface area (Å²) in [6.07, 6.45) is -7.97. The van der Waals surface area contributed by atoms with E-state index in [0.717, 1.165) is 12.8 Å². The van der Waals surface area contributed by atoms with Crippen LogP contribution >= 0.6 is 11.8 Å². The molecule has 2 atom stereocenters. The number of ether oxygens (including phenoxy) is 1. The molecule has 7 nitrogen and oxygen atoms in total. The minimum absolute atomic E-state index is 0.0337. The maximum Gasteiger partial charge on any atom is 0.426 e. The standard InChI is InChI=1S/C19H20F6N4O3S/c20-18(21,22)10-8-11(26)13-15-28-29-16(32-15)17(30,19(23,24)25)7-3-1-2-4-12(31-14(10)27-13)33-9-5-6-9/h8-9,12,30H,1-7,26H2/t12?,17-/m1/s1. The van der Waals surface area contributed by atoms with Gasteiger partial charge in [-0.3, -0.25) is 0 Å². The number of thioether (sulfide) groups is 1. The first-order valence-corrected chi connectivity index (χ1v) is 11.2. The van der Waals surface area contributed by atoms with E-state index in [-0.39, 0.29) is 18.1 Å². The average Bonchev–Trinajstić information content (AvgIpc) is 3.38. The molecule has 0 radical (unpaired) electrons. The van der Waals surface area contributed by atoms with Gasteiger partial charge in [-0.2, -0.15) is 26.3 Å². The molecule has 0 spiro atoms. The number of hydrogen-bond donors (Lipinski definition) is 2. The Morgan fingerprint density at radius 2 is 1.79 bits per heavy atom. The summed E-state index contributed by atoms with van der Waals surface area (Å²) in [4.78, 5) is 3.82. The Morgan fingerprint density at radius 3 is 2.42 bits per heavy atom. The second kappa shape index (κ2) is 8.53. The zero-order chi connectivity index (χ0) is 24.0. The number of nitrogens with two attached hydrogens (primary N) is 1. The van der Waals surface area contributed by atoms with Gasteiger partial charge in [0.15, 0.2) is 5.69 Å². The highest BCUT2D eigenvalue weighted by atomic mass is 32.2. The number of rotatable bonds is 2. The fourth-order valence-corrected chi connectivity index (χ4v) is 4.69. The van der Waals surface area contributed by atoms with E-state index in [9.17, 15) is 31.4 Å². The number of anilines is 1. The van der Waals surface area contributed by atoms with Crippen molar-refractivity contribution in [3.8, 4) is 17.5 Å². The Kier molecular flexibility index (Phi) is 6.18. The number of nitrogens with zero attached hydrogens (tertiary/aromatic N) is 3.